The number of carbonyl (C=O) groups is 3. The molecule has 1 aliphatic carbocycles. The topological polar surface area (TPSA) is 96.5 Å². The molecule has 168 valence electrons. The van der Waals surface area contributed by atoms with Gasteiger partial charge in [0.15, 0.2) is 0 Å². The van der Waals surface area contributed by atoms with E-state index >= 15 is 0 Å². The van der Waals surface area contributed by atoms with Crippen molar-refractivity contribution in [2.75, 3.05) is 17.2 Å². The number of anilines is 2. The van der Waals surface area contributed by atoms with Gasteiger partial charge in [-0.3, -0.25) is 14.4 Å². The van der Waals surface area contributed by atoms with Crippen LogP contribution in [0.3, 0.4) is 0 Å². The van der Waals surface area contributed by atoms with Gasteiger partial charge < -0.3 is 20.7 Å². The van der Waals surface area contributed by atoms with Crippen LogP contribution in [0.15, 0.2) is 36.4 Å². The van der Waals surface area contributed by atoms with Gasteiger partial charge in [0.05, 0.1) is 12.1 Å². The van der Waals surface area contributed by atoms with Crippen LogP contribution in [0, 0.1) is 25.6 Å². The quantitative estimate of drug-likeness (QED) is 0.681. The maximum atomic E-state index is 14.2. The molecule has 0 bridgehead atoms. The number of hydrogen-bond acceptors (Lipinski definition) is 4. The van der Waals surface area contributed by atoms with E-state index in [0.29, 0.717) is 24.9 Å². The molecular formula is C24H26FN3O4. The molecular weight excluding hydrogens is 413 g/mol. The highest BCUT2D eigenvalue weighted by Gasteiger charge is 2.38. The Morgan fingerprint density at radius 1 is 1.12 bits per heavy atom. The van der Waals surface area contributed by atoms with Gasteiger partial charge in [-0.1, -0.05) is 12.1 Å². The molecule has 2 aromatic carbocycles. The highest BCUT2D eigenvalue weighted by atomic mass is 19.1. The summed E-state index contributed by atoms with van der Waals surface area (Å²) in [5, 5.41) is 8.43. The van der Waals surface area contributed by atoms with E-state index in [1.807, 2.05) is 26.0 Å². The summed E-state index contributed by atoms with van der Waals surface area (Å²) in [4.78, 5) is 37.0. The van der Waals surface area contributed by atoms with E-state index < -0.39 is 11.7 Å². The molecule has 2 aliphatic rings. The number of benzene rings is 2. The summed E-state index contributed by atoms with van der Waals surface area (Å²) >= 11 is 0. The SMILES string of the molecule is Cc1cccc(NC(=O)c2cc(F)cc(NC(=O)[C@H]3CC[C@@H]4NC(=O)CO[C@H]4C3)c2)c1C. The maximum Gasteiger partial charge on any atom is 0.255 e. The molecule has 7 nitrogen and oxygen atoms in total. The number of halogens is 1. The molecule has 1 saturated heterocycles. The number of amides is 3. The number of rotatable bonds is 4. The average Bonchev–Trinajstić information content (AvgIpc) is 2.76. The third-order valence-corrected chi connectivity index (χ3v) is 6.22. The molecule has 32 heavy (non-hydrogen) atoms. The first kappa shape index (κ1) is 22.0. The van der Waals surface area contributed by atoms with E-state index in [9.17, 15) is 18.8 Å². The summed E-state index contributed by atoms with van der Waals surface area (Å²) in [5.41, 5.74) is 2.96. The summed E-state index contributed by atoms with van der Waals surface area (Å²) < 4.78 is 19.8. The normalized spacial score (nSPS) is 22.5. The highest BCUT2D eigenvalue weighted by Crippen LogP contribution is 2.30. The summed E-state index contributed by atoms with van der Waals surface area (Å²) in [5.74, 6) is -1.78. The molecule has 8 heteroatoms. The average molecular weight is 439 g/mol. The second kappa shape index (κ2) is 9.08. The molecule has 0 spiro atoms. The molecule has 4 rings (SSSR count). The van der Waals surface area contributed by atoms with Gasteiger partial charge in [-0.2, -0.15) is 0 Å². The van der Waals surface area contributed by atoms with E-state index in [4.69, 9.17) is 4.74 Å². The van der Waals surface area contributed by atoms with Crippen molar-refractivity contribution in [2.24, 2.45) is 5.92 Å². The first-order valence-electron chi connectivity index (χ1n) is 10.7. The molecule has 1 aliphatic heterocycles. The standard InChI is InChI=1S/C24H26FN3O4/c1-13-4-3-5-19(14(13)2)28-24(31)16-8-17(25)11-18(9-16)26-23(30)15-6-7-20-21(10-15)32-12-22(29)27-20/h3-5,8-9,11,15,20-21H,6-7,10,12H2,1-2H3,(H,26,30)(H,27,29)(H,28,31)/t15-,20-,21-/m0/s1. The number of nitrogens with one attached hydrogen (secondary N) is 3. The molecule has 3 atom stereocenters. The Bertz CT molecular complexity index is 1070. The third kappa shape index (κ3) is 4.80. The number of carbonyl (C=O) groups excluding carboxylic acids is 3. The van der Waals surface area contributed by atoms with Gasteiger partial charge >= 0.3 is 0 Å². The number of fused-ring (bicyclic) bond motifs is 1. The van der Waals surface area contributed by atoms with E-state index in [-0.39, 0.29) is 47.7 Å². The Morgan fingerprint density at radius 2 is 1.94 bits per heavy atom. The molecule has 1 heterocycles. The lowest BCUT2D eigenvalue weighted by atomic mass is 9.82. The molecule has 3 amide bonds. The van der Waals surface area contributed by atoms with Crippen LogP contribution >= 0.6 is 0 Å². The van der Waals surface area contributed by atoms with E-state index in [1.54, 1.807) is 6.07 Å². The van der Waals surface area contributed by atoms with E-state index in [0.717, 1.165) is 17.2 Å². The van der Waals surface area contributed by atoms with Crippen molar-refractivity contribution in [1.29, 1.82) is 0 Å². The number of morpholine rings is 1. The van der Waals surface area contributed by atoms with Crippen LogP contribution in [0.1, 0.15) is 40.7 Å². The minimum Gasteiger partial charge on any atom is -0.366 e. The van der Waals surface area contributed by atoms with Gasteiger partial charge in [-0.05, 0) is 68.5 Å². The highest BCUT2D eigenvalue weighted by molar-refractivity contribution is 6.06. The van der Waals surface area contributed by atoms with Gasteiger partial charge in [0.1, 0.15) is 12.4 Å². The first-order valence-corrected chi connectivity index (χ1v) is 10.7. The summed E-state index contributed by atoms with van der Waals surface area (Å²) in [6.45, 7) is 3.84. The van der Waals surface area contributed by atoms with Crippen LogP contribution in [0.25, 0.3) is 0 Å². The van der Waals surface area contributed by atoms with Gasteiger partial charge in [0, 0.05) is 22.9 Å². The second-order valence-corrected chi connectivity index (χ2v) is 8.45. The monoisotopic (exact) mass is 439 g/mol. The fourth-order valence-electron chi connectivity index (χ4n) is 4.27. The smallest absolute Gasteiger partial charge is 0.255 e. The molecule has 0 aromatic heterocycles. The van der Waals surface area contributed by atoms with Crippen LogP contribution in [0.5, 0.6) is 0 Å². The minimum absolute atomic E-state index is 0.00170. The van der Waals surface area contributed by atoms with Crippen molar-refractivity contribution < 1.29 is 23.5 Å². The fraction of sp³-hybridized carbons (Fsp3) is 0.375. The summed E-state index contributed by atoms with van der Waals surface area (Å²) in [7, 11) is 0. The van der Waals surface area contributed by atoms with Crippen molar-refractivity contribution in [2.45, 2.75) is 45.3 Å². The Labute approximate surface area is 185 Å². The Balaban J connectivity index is 1.43. The predicted molar refractivity (Wildman–Crippen MR) is 118 cm³/mol. The Morgan fingerprint density at radius 3 is 2.75 bits per heavy atom. The van der Waals surface area contributed by atoms with Crippen LogP contribution in [-0.4, -0.2) is 36.5 Å². The third-order valence-electron chi connectivity index (χ3n) is 6.22. The predicted octanol–water partition coefficient (Wildman–Crippen LogP) is 3.32. The van der Waals surface area contributed by atoms with Crippen molar-refractivity contribution >= 4 is 29.1 Å². The van der Waals surface area contributed by atoms with E-state index in [2.05, 4.69) is 16.0 Å². The molecule has 0 radical (unpaired) electrons. The van der Waals surface area contributed by atoms with Crippen molar-refractivity contribution in [3.8, 4) is 0 Å². The van der Waals surface area contributed by atoms with Gasteiger partial charge in [0.2, 0.25) is 11.8 Å². The fourth-order valence-corrected chi connectivity index (χ4v) is 4.27. The lowest BCUT2D eigenvalue weighted by molar-refractivity contribution is -0.141. The first-order chi connectivity index (χ1) is 15.3. The number of ether oxygens (including phenoxy) is 1. The van der Waals surface area contributed by atoms with Crippen LogP contribution < -0.4 is 16.0 Å². The van der Waals surface area contributed by atoms with Crippen molar-refractivity contribution in [3.05, 3.63) is 58.9 Å². The zero-order chi connectivity index (χ0) is 22.8. The number of aryl methyl sites for hydroxylation is 1. The molecule has 3 N–H and O–H groups in total. The number of hydrogen-bond donors (Lipinski definition) is 3. The molecule has 2 fully saturated rings. The lowest BCUT2D eigenvalue weighted by Gasteiger charge is -2.38. The van der Waals surface area contributed by atoms with Gasteiger partial charge in [0.25, 0.3) is 5.91 Å². The maximum absolute atomic E-state index is 14.2. The van der Waals surface area contributed by atoms with Gasteiger partial charge in [-0.15, -0.1) is 0 Å². The largest absolute Gasteiger partial charge is 0.366 e. The van der Waals surface area contributed by atoms with Crippen molar-refractivity contribution in [1.82, 2.24) is 5.32 Å². The Hall–Kier alpha value is -3.26. The molecule has 2 aromatic rings. The van der Waals surface area contributed by atoms with Crippen LogP contribution in [0.2, 0.25) is 0 Å². The van der Waals surface area contributed by atoms with Gasteiger partial charge in [-0.25, -0.2) is 4.39 Å². The summed E-state index contributed by atoms with van der Waals surface area (Å²) in [6.07, 6.45) is 1.50. The van der Waals surface area contributed by atoms with Crippen molar-refractivity contribution in [3.63, 3.8) is 0 Å². The van der Waals surface area contributed by atoms with Crippen LogP contribution in [-0.2, 0) is 14.3 Å². The zero-order valence-electron chi connectivity index (χ0n) is 18.0. The lowest BCUT2D eigenvalue weighted by Crippen LogP contribution is -2.55. The minimum atomic E-state index is -0.615. The zero-order valence-corrected chi connectivity index (χ0v) is 18.0. The second-order valence-electron chi connectivity index (χ2n) is 8.45. The van der Waals surface area contributed by atoms with E-state index in [1.165, 1.54) is 12.1 Å². The Kier molecular flexibility index (Phi) is 6.23. The summed E-state index contributed by atoms with van der Waals surface area (Å²) in [6, 6.07) is 9.29. The molecule has 1 saturated carbocycles. The molecule has 0 unspecified atom stereocenters. The van der Waals surface area contributed by atoms with Crippen LogP contribution in [0.4, 0.5) is 15.8 Å².